The summed E-state index contributed by atoms with van der Waals surface area (Å²) in [6, 6.07) is 3.54. The van der Waals surface area contributed by atoms with E-state index in [0.29, 0.717) is 21.2 Å². The number of hydrogen-bond acceptors (Lipinski definition) is 2. The van der Waals surface area contributed by atoms with Crippen molar-refractivity contribution < 1.29 is 4.39 Å². The van der Waals surface area contributed by atoms with Gasteiger partial charge < -0.3 is 11.1 Å². The number of hydrogen-bond donors (Lipinski definition) is 2. The first kappa shape index (κ1) is 12.9. The molecule has 1 saturated carbocycles. The van der Waals surface area contributed by atoms with E-state index in [2.05, 4.69) is 12.2 Å². The molecule has 0 bridgehead atoms. The van der Waals surface area contributed by atoms with Gasteiger partial charge in [0.1, 0.15) is 5.82 Å². The molecule has 2 rings (SSSR count). The fourth-order valence-corrected chi connectivity index (χ4v) is 3.00. The number of rotatable bonds is 3. The minimum atomic E-state index is -0.207. The van der Waals surface area contributed by atoms with Crippen LogP contribution in [0.4, 0.5) is 15.8 Å². The largest absolute Gasteiger partial charge is 0.397 e. The number of anilines is 2. The van der Waals surface area contributed by atoms with Crippen LogP contribution in [0.25, 0.3) is 0 Å². The summed E-state index contributed by atoms with van der Waals surface area (Å²) < 4.78 is 14.1. The molecule has 0 aliphatic heterocycles. The van der Waals surface area contributed by atoms with Gasteiger partial charge in [-0.3, -0.25) is 0 Å². The summed E-state index contributed by atoms with van der Waals surface area (Å²) in [6.07, 6.45) is 5.16. The fraction of sp³-hybridized carbons (Fsp3) is 0.538. The van der Waals surface area contributed by atoms with E-state index in [1.54, 1.807) is 6.07 Å². The Bertz CT molecular complexity index is 403. The van der Waals surface area contributed by atoms with Crippen molar-refractivity contribution >= 4 is 34.0 Å². The first-order valence-corrected chi connectivity index (χ1v) is 7.17. The molecule has 1 aliphatic rings. The molecule has 1 aromatic carbocycles. The summed E-state index contributed by atoms with van der Waals surface area (Å²) in [6.45, 7) is 2.16. The highest BCUT2D eigenvalue weighted by atomic mass is 127. The zero-order valence-corrected chi connectivity index (χ0v) is 12.1. The number of nitrogen functional groups attached to an aromatic ring is 1. The average molecular weight is 348 g/mol. The van der Waals surface area contributed by atoms with Crippen molar-refractivity contribution in [1.29, 1.82) is 0 Å². The van der Waals surface area contributed by atoms with Gasteiger partial charge >= 0.3 is 0 Å². The van der Waals surface area contributed by atoms with Gasteiger partial charge in [-0.15, -0.1) is 0 Å². The Labute approximate surface area is 115 Å². The molecule has 0 saturated heterocycles. The fourth-order valence-electron chi connectivity index (χ4n) is 2.51. The van der Waals surface area contributed by atoms with E-state index in [4.69, 9.17) is 5.73 Å². The van der Waals surface area contributed by atoms with Gasteiger partial charge in [0.15, 0.2) is 0 Å². The molecule has 4 heteroatoms. The van der Waals surface area contributed by atoms with Gasteiger partial charge in [0, 0.05) is 12.1 Å². The van der Waals surface area contributed by atoms with Crippen molar-refractivity contribution in [3.05, 3.63) is 21.5 Å². The predicted octanol–water partition coefficient (Wildman–Crippen LogP) is 4.00. The lowest BCUT2D eigenvalue weighted by molar-refractivity contribution is 0.482. The van der Waals surface area contributed by atoms with Crippen LogP contribution in [0.15, 0.2) is 12.1 Å². The van der Waals surface area contributed by atoms with E-state index in [1.807, 2.05) is 22.6 Å². The number of halogens is 2. The minimum Gasteiger partial charge on any atom is -0.397 e. The van der Waals surface area contributed by atoms with Crippen LogP contribution in [0.3, 0.4) is 0 Å². The highest BCUT2D eigenvalue weighted by Gasteiger charge is 2.22. The standard InChI is InChI=1S/C13H18FIN2/c1-8(9-4-2-3-5-9)17-13-6-10(14)11(15)7-12(13)16/h6-9,17H,2-5,16H2,1H3. The monoisotopic (exact) mass is 348 g/mol. The van der Waals surface area contributed by atoms with Gasteiger partial charge in [-0.05, 0) is 54.3 Å². The molecule has 0 spiro atoms. The van der Waals surface area contributed by atoms with E-state index >= 15 is 0 Å². The highest BCUT2D eigenvalue weighted by Crippen LogP contribution is 2.31. The molecule has 0 radical (unpaired) electrons. The Morgan fingerprint density at radius 2 is 2.06 bits per heavy atom. The van der Waals surface area contributed by atoms with Crippen molar-refractivity contribution in [2.45, 2.75) is 38.6 Å². The summed E-state index contributed by atoms with van der Waals surface area (Å²) in [7, 11) is 0. The SMILES string of the molecule is CC(Nc1cc(F)c(I)cc1N)C1CCCC1. The van der Waals surface area contributed by atoms with E-state index in [-0.39, 0.29) is 5.82 Å². The first-order valence-electron chi connectivity index (χ1n) is 6.09. The summed E-state index contributed by atoms with van der Waals surface area (Å²) in [5.41, 5.74) is 7.25. The quantitative estimate of drug-likeness (QED) is 0.640. The lowest BCUT2D eigenvalue weighted by atomic mass is 9.99. The topological polar surface area (TPSA) is 38.0 Å². The third-order valence-electron chi connectivity index (χ3n) is 3.58. The van der Waals surface area contributed by atoms with Crippen molar-refractivity contribution in [3.63, 3.8) is 0 Å². The summed E-state index contributed by atoms with van der Waals surface area (Å²) in [5, 5.41) is 3.35. The van der Waals surface area contributed by atoms with E-state index in [1.165, 1.54) is 31.7 Å². The van der Waals surface area contributed by atoms with Gasteiger partial charge in [-0.2, -0.15) is 0 Å². The lowest BCUT2D eigenvalue weighted by Crippen LogP contribution is -2.24. The second-order valence-corrected chi connectivity index (χ2v) is 5.99. The molecule has 1 aliphatic carbocycles. The number of nitrogens with one attached hydrogen (secondary N) is 1. The molecule has 3 N–H and O–H groups in total. The van der Waals surface area contributed by atoms with Crippen molar-refractivity contribution in [1.82, 2.24) is 0 Å². The Morgan fingerprint density at radius 3 is 2.71 bits per heavy atom. The van der Waals surface area contributed by atoms with Crippen LogP contribution in [-0.4, -0.2) is 6.04 Å². The molecule has 0 amide bonds. The molecule has 1 aromatic rings. The first-order chi connectivity index (χ1) is 8.08. The lowest BCUT2D eigenvalue weighted by Gasteiger charge is -2.22. The van der Waals surface area contributed by atoms with E-state index < -0.39 is 0 Å². The Kier molecular flexibility index (Phi) is 4.12. The molecule has 1 unspecified atom stereocenters. The van der Waals surface area contributed by atoms with Gasteiger partial charge in [0.25, 0.3) is 0 Å². The number of nitrogens with two attached hydrogens (primary N) is 1. The van der Waals surface area contributed by atoms with E-state index in [9.17, 15) is 4.39 Å². The van der Waals surface area contributed by atoms with Gasteiger partial charge in [-0.25, -0.2) is 4.39 Å². The van der Waals surface area contributed by atoms with Gasteiger partial charge in [0.05, 0.1) is 14.9 Å². The highest BCUT2D eigenvalue weighted by molar-refractivity contribution is 14.1. The van der Waals surface area contributed by atoms with Crippen molar-refractivity contribution in [2.75, 3.05) is 11.1 Å². The Morgan fingerprint density at radius 1 is 1.41 bits per heavy atom. The maximum absolute atomic E-state index is 13.5. The molecule has 17 heavy (non-hydrogen) atoms. The van der Waals surface area contributed by atoms with Crippen LogP contribution in [0.1, 0.15) is 32.6 Å². The van der Waals surface area contributed by atoms with Crippen LogP contribution in [-0.2, 0) is 0 Å². The van der Waals surface area contributed by atoms with Gasteiger partial charge in [-0.1, -0.05) is 12.8 Å². The maximum Gasteiger partial charge on any atom is 0.138 e. The normalized spacial score (nSPS) is 18.3. The smallest absolute Gasteiger partial charge is 0.138 e. The van der Waals surface area contributed by atoms with Crippen molar-refractivity contribution in [3.8, 4) is 0 Å². The molecule has 1 fully saturated rings. The molecule has 0 heterocycles. The van der Waals surface area contributed by atoms with E-state index in [0.717, 1.165) is 5.69 Å². The summed E-state index contributed by atoms with van der Waals surface area (Å²) in [5.74, 6) is 0.484. The Hall–Kier alpha value is -0.520. The second kappa shape index (κ2) is 5.42. The summed E-state index contributed by atoms with van der Waals surface area (Å²) >= 11 is 1.96. The van der Waals surface area contributed by atoms with Crippen LogP contribution >= 0.6 is 22.6 Å². The minimum absolute atomic E-state index is 0.207. The van der Waals surface area contributed by atoms with Crippen LogP contribution in [0.5, 0.6) is 0 Å². The molecular formula is C13H18FIN2. The number of benzene rings is 1. The third-order valence-corrected chi connectivity index (χ3v) is 4.41. The van der Waals surface area contributed by atoms with Crippen molar-refractivity contribution in [2.24, 2.45) is 5.92 Å². The molecule has 1 atom stereocenters. The van der Waals surface area contributed by atoms with Crippen LogP contribution in [0, 0.1) is 15.3 Å². The average Bonchev–Trinajstić information content (AvgIpc) is 2.79. The maximum atomic E-state index is 13.5. The second-order valence-electron chi connectivity index (χ2n) is 4.83. The molecular weight excluding hydrogens is 330 g/mol. The zero-order valence-electron chi connectivity index (χ0n) is 9.97. The molecule has 2 nitrogen and oxygen atoms in total. The van der Waals surface area contributed by atoms with Crippen LogP contribution in [0.2, 0.25) is 0 Å². The molecule has 94 valence electrons. The molecule has 0 aromatic heterocycles. The van der Waals surface area contributed by atoms with Crippen LogP contribution < -0.4 is 11.1 Å². The Balaban J connectivity index is 2.09. The summed E-state index contributed by atoms with van der Waals surface area (Å²) in [4.78, 5) is 0. The predicted molar refractivity (Wildman–Crippen MR) is 78.6 cm³/mol. The zero-order chi connectivity index (χ0) is 12.4. The van der Waals surface area contributed by atoms with Gasteiger partial charge in [0.2, 0.25) is 0 Å². The third kappa shape index (κ3) is 3.03.